The van der Waals surface area contributed by atoms with Crippen LogP contribution in [0.3, 0.4) is 0 Å². The second-order valence-electron chi connectivity index (χ2n) is 8.97. The van der Waals surface area contributed by atoms with E-state index in [-0.39, 0.29) is 22.1 Å². The Morgan fingerprint density at radius 2 is 1.84 bits per heavy atom. The lowest BCUT2D eigenvalue weighted by atomic mass is 10.0. The highest BCUT2D eigenvalue weighted by atomic mass is 35.5. The minimum Gasteiger partial charge on any atom is -0.377 e. The number of amides is 1. The number of hydrogen-bond donors (Lipinski definition) is 2. The van der Waals surface area contributed by atoms with Crippen molar-refractivity contribution in [1.29, 1.82) is 0 Å². The molecule has 2 aromatic heterocycles. The number of anilines is 2. The number of carbonyl (C=O) groups excluding carboxylic acids is 1. The molecule has 3 heterocycles. The fourth-order valence-corrected chi connectivity index (χ4v) is 5.08. The van der Waals surface area contributed by atoms with Crippen LogP contribution in [0.1, 0.15) is 40.1 Å². The third-order valence-corrected chi connectivity index (χ3v) is 7.03. The van der Waals surface area contributed by atoms with Gasteiger partial charge in [-0.25, -0.2) is 18.7 Å². The van der Waals surface area contributed by atoms with Gasteiger partial charge >= 0.3 is 0 Å². The number of hydrogen-bond acceptors (Lipinski definition) is 7. The summed E-state index contributed by atoms with van der Waals surface area (Å²) in [7, 11) is 1.58. The maximum Gasteiger partial charge on any atom is 0.281 e. The van der Waals surface area contributed by atoms with Crippen molar-refractivity contribution in [1.82, 2.24) is 19.3 Å². The zero-order chi connectivity index (χ0) is 27.1. The fraction of sp³-hybridized carbons (Fsp3) is 0.231. The summed E-state index contributed by atoms with van der Waals surface area (Å²) in [4.78, 5) is 36.7. The molecule has 0 bridgehead atoms. The highest BCUT2D eigenvalue weighted by Crippen LogP contribution is 2.31. The lowest BCUT2D eigenvalue weighted by Crippen LogP contribution is -2.28. The van der Waals surface area contributed by atoms with Crippen LogP contribution in [-0.2, 0) is 20.1 Å². The van der Waals surface area contributed by atoms with E-state index in [0.717, 1.165) is 23.1 Å². The van der Waals surface area contributed by atoms with Crippen molar-refractivity contribution in [2.75, 3.05) is 16.5 Å². The summed E-state index contributed by atoms with van der Waals surface area (Å²) in [5, 5.41) is 3.46. The number of benzene rings is 2. The van der Waals surface area contributed by atoms with E-state index in [1.165, 1.54) is 34.9 Å². The molecular weight excluding hydrogens is 534 g/mol. The molecule has 0 saturated heterocycles. The van der Waals surface area contributed by atoms with Crippen LogP contribution in [0, 0.1) is 11.6 Å². The van der Waals surface area contributed by atoms with Gasteiger partial charge in [0.05, 0.1) is 22.6 Å². The molecule has 1 unspecified atom stereocenters. The Bertz CT molecular complexity index is 1650. The van der Waals surface area contributed by atoms with Gasteiger partial charge in [0, 0.05) is 32.0 Å². The van der Waals surface area contributed by atoms with Crippen LogP contribution in [0.4, 0.5) is 20.4 Å². The SMILES string of the molecule is CSNC(=O)c1nc(Cl)ccc1NC(C)c1cc(F)cc2c(=O)n(C)c(N3Cc4ccc(F)cc4C3)nc12. The smallest absolute Gasteiger partial charge is 0.281 e. The standard InChI is InChI=1S/C26H23ClF2N6O2S/c1-13(30-20-6-7-21(27)31-23(20)24(36)33-38-3)18-9-17(29)10-19-22(18)32-26(34(2)25(19)37)35-11-14-4-5-16(28)8-15(14)12-35/h4-10,13,30H,11-12H2,1-3H3,(H,33,36). The van der Waals surface area contributed by atoms with E-state index in [1.807, 2.05) is 4.90 Å². The maximum absolute atomic E-state index is 14.7. The quantitative estimate of drug-likeness (QED) is 0.256. The molecule has 8 nitrogen and oxygen atoms in total. The van der Waals surface area contributed by atoms with E-state index in [9.17, 15) is 18.4 Å². The van der Waals surface area contributed by atoms with E-state index in [1.54, 1.807) is 32.4 Å². The average molecular weight is 557 g/mol. The number of rotatable bonds is 6. The Hall–Kier alpha value is -3.70. The van der Waals surface area contributed by atoms with Gasteiger partial charge in [0.15, 0.2) is 5.69 Å². The minimum absolute atomic E-state index is 0.0750. The number of pyridine rings is 1. The van der Waals surface area contributed by atoms with E-state index >= 15 is 0 Å². The molecule has 1 atom stereocenters. The maximum atomic E-state index is 14.7. The Balaban J connectivity index is 1.57. The largest absolute Gasteiger partial charge is 0.377 e. The van der Waals surface area contributed by atoms with Gasteiger partial charge in [-0.2, -0.15) is 0 Å². The normalized spacial score (nSPS) is 13.5. The van der Waals surface area contributed by atoms with Crippen LogP contribution < -0.4 is 20.5 Å². The second kappa shape index (κ2) is 10.2. The van der Waals surface area contributed by atoms with Gasteiger partial charge in [0.1, 0.15) is 16.8 Å². The minimum atomic E-state index is -0.591. The summed E-state index contributed by atoms with van der Waals surface area (Å²) in [5.41, 5.74) is 2.56. The molecule has 1 aliphatic rings. The Morgan fingerprint density at radius 1 is 1.08 bits per heavy atom. The van der Waals surface area contributed by atoms with Crippen LogP contribution in [0.25, 0.3) is 10.9 Å². The number of nitrogens with zero attached hydrogens (tertiary/aromatic N) is 4. The first-order valence-electron chi connectivity index (χ1n) is 11.6. The highest BCUT2D eigenvalue weighted by molar-refractivity contribution is 7.97. The lowest BCUT2D eigenvalue weighted by molar-refractivity contribution is 0.0980. The zero-order valence-electron chi connectivity index (χ0n) is 20.7. The van der Waals surface area contributed by atoms with Crippen molar-refractivity contribution in [3.05, 3.63) is 92.0 Å². The third kappa shape index (κ3) is 4.79. The fourth-order valence-electron chi connectivity index (χ4n) is 4.65. The number of carbonyl (C=O) groups is 1. The van der Waals surface area contributed by atoms with Crippen LogP contribution in [-0.4, -0.2) is 26.7 Å². The third-order valence-electron chi connectivity index (χ3n) is 6.43. The van der Waals surface area contributed by atoms with Crippen molar-refractivity contribution >= 4 is 52.0 Å². The van der Waals surface area contributed by atoms with Gasteiger partial charge in [0.25, 0.3) is 11.5 Å². The molecule has 196 valence electrons. The number of fused-ring (bicyclic) bond motifs is 2. The summed E-state index contributed by atoms with van der Waals surface area (Å²) < 4.78 is 32.5. The summed E-state index contributed by atoms with van der Waals surface area (Å²) >= 11 is 7.14. The molecule has 12 heteroatoms. The summed E-state index contributed by atoms with van der Waals surface area (Å²) in [5.74, 6) is -0.984. The number of aromatic nitrogens is 3. The van der Waals surface area contributed by atoms with Crippen LogP contribution in [0.5, 0.6) is 0 Å². The molecule has 0 saturated carbocycles. The molecule has 0 aliphatic carbocycles. The van der Waals surface area contributed by atoms with Crippen LogP contribution in [0.2, 0.25) is 5.15 Å². The molecule has 4 aromatic rings. The van der Waals surface area contributed by atoms with E-state index in [0.29, 0.717) is 35.8 Å². The molecule has 38 heavy (non-hydrogen) atoms. The summed E-state index contributed by atoms with van der Waals surface area (Å²) in [6.45, 7) is 2.61. The van der Waals surface area contributed by atoms with Crippen molar-refractivity contribution in [3.63, 3.8) is 0 Å². The highest BCUT2D eigenvalue weighted by Gasteiger charge is 2.26. The predicted molar refractivity (Wildman–Crippen MR) is 145 cm³/mol. The van der Waals surface area contributed by atoms with Crippen LogP contribution in [0.15, 0.2) is 47.3 Å². The number of nitrogens with one attached hydrogen (secondary N) is 2. The Kier molecular flexibility index (Phi) is 6.97. The number of halogens is 3. The van der Waals surface area contributed by atoms with E-state index < -0.39 is 23.3 Å². The first-order chi connectivity index (χ1) is 18.2. The molecule has 2 aromatic carbocycles. The van der Waals surface area contributed by atoms with Crippen molar-refractivity contribution in [3.8, 4) is 0 Å². The van der Waals surface area contributed by atoms with Crippen molar-refractivity contribution < 1.29 is 13.6 Å². The first kappa shape index (κ1) is 25.9. The zero-order valence-corrected chi connectivity index (χ0v) is 22.3. The molecule has 2 N–H and O–H groups in total. The second-order valence-corrected chi connectivity index (χ2v) is 9.97. The first-order valence-corrected chi connectivity index (χ1v) is 13.3. The van der Waals surface area contributed by atoms with Gasteiger partial charge in [-0.05, 0) is 54.4 Å². The predicted octanol–water partition coefficient (Wildman–Crippen LogP) is 4.96. The summed E-state index contributed by atoms with van der Waals surface area (Å²) in [6, 6.07) is 9.66. The molecule has 1 amide bonds. The topological polar surface area (TPSA) is 92.2 Å². The van der Waals surface area contributed by atoms with Gasteiger partial charge in [0.2, 0.25) is 5.95 Å². The van der Waals surface area contributed by atoms with E-state index in [2.05, 4.69) is 15.0 Å². The molecule has 0 spiro atoms. The van der Waals surface area contributed by atoms with Gasteiger partial charge in [-0.1, -0.05) is 29.6 Å². The van der Waals surface area contributed by atoms with Gasteiger partial charge < -0.3 is 10.2 Å². The molecule has 0 radical (unpaired) electrons. The van der Waals surface area contributed by atoms with Gasteiger partial charge in [-0.3, -0.25) is 18.9 Å². The molecule has 5 rings (SSSR count). The Morgan fingerprint density at radius 3 is 2.61 bits per heavy atom. The Labute approximate surface area is 226 Å². The van der Waals surface area contributed by atoms with Crippen LogP contribution >= 0.6 is 23.5 Å². The lowest BCUT2D eigenvalue weighted by Gasteiger charge is -2.23. The van der Waals surface area contributed by atoms with Gasteiger partial charge in [-0.15, -0.1) is 0 Å². The molecule has 0 fully saturated rings. The summed E-state index contributed by atoms with van der Waals surface area (Å²) in [6.07, 6.45) is 1.70. The van der Waals surface area contributed by atoms with E-state index in [4.69, 9.17) is 16.6 Å². The monoisotopic (exact) mass is 556 g/mol. The molecular formula is C26H23ClF2N6O2S. The van der Waals surface area contributed by atoms with Crippen molar-refractivity contribution in [2.24, 2.45) is 7.05 Å². The average Bonchev–Trinajstić information content (AvgIpc) is 3.30. The van der Waals surface area contributed by atoms with Crippen molar-refractivity contribution in [2.45, 2.75) is 26.1 Å². The molecule has 1 aliphatic heterocycles.